The van der Waals surface area contributed by atoms with Crippen molar-refractivity contribution in [2.75, 3.05) is 37.7 Å². The smallest absolute Gasteiger partial charge is 0.317 e. The van der Waals surface area contributed by atoms with Crippen LogP contribution >= 0.6 is 0 Å². The van der Waals surface area contributed by atoms with E-state index in [0.717, 1.165) is 18.5 Å². The van der Waals surface area contributed by atoms with Crippen molar-refractivity contribution in [2.45, 2.75) is 32.7 Å². The third kappa shape index (κ3) is 4.77. The highest BCUT2D eigenvalue weighted by molar-refractivity contribution is 5.75. The van der Waals surface area contributed by atoms with E-state index in [0.29, 0.717) is 26.2 Å². The zero-order valence-corrected chi connectivity index (χ0v) is 14.6. The van der Waals surface area contributed by atoms with Gasteiger partial charge in [-0.25, -0.2) is 4.79 Å². The number of nitrogens with one attached hydrogen (secondary N) is 1. The summed E-state index contributed by atoms with van der Waals surface area (Å²) in [5.41, 5.74) is 0.820. The van der Waals surface area contributed by atoms with Gasteiger partial charge in [0.05, 0.1) is 5.69 Å². The van der Waals surface area contributed by atoms with Crippen molar-refractivity contribution < 1.29 is 15.0 Å². The first kappa shape index (κ1) is 18.4. The minimum absolute atomic E-state index is 0.0380. The third-order valence-electron chi connectivity index (χ3n) is 4.61. The summed E-state index contributed by atoms with van der Waals surface area (Å²) in [5.74, 6) is 0.465. The Morgan fingerprint density at radius 2 is 1.92 bits per heavy atom. The summed E-state index contributed by atoms with van der Waals surface area (Å²) in [4.78, 5) is 16.4. The minimum Gasteiger partial charge on any atom is -0.506 e. The molecule has 2 amide bonds. The molecule has 1 aliphatic rings. The van der Waals surface area contributed by atoms with E-state index < -0.39 is 0 Å². The van der Waals surface area contributed by atoms with Gasteiger partial charge in [-0.3, -0.25) is 0 Å². The van der Waals surface area contributed by atoms with Crippen LogP contribution in [0.1, 0.15) is 26.7 Å². The summed E-state index contributed by atoms with van der Waals surface area (Å²) in [6.07, 6.45) is 1.64. The zero-order valence-electron chi connectivity index (χ0n) is 14.6. The summed E-state index contributed by atoms with van der Waals surface area (Å²) >= 11 is 0. The van der Waals surface area contributed by atoms with Crippen LogP contribution in [0, 0.1) is 5.92 Å². The summed E-state index contributed by atoms with van der Waals surface area (Å²) in [5, 5.41) is 22.2. The molecule has 6 nitrogen and oxygen atoms in total. The highest BCUT2D eigenvalue weighted by Crippen LogP contribution is 2.27. The lowest BCUT2D eigenvalue weighted by atomic mass is 10.0. The number of hydrogen-bond donors (Lipinski definition) is 3. The maximum absolute atomic E-state index is 12.4. The van der Waals surface area contributed by atoms with E-state index in [1.807, 2.05) is 30.9 Å². The molecule has 0 radical (unpaired) electrons. The number of hydrogen-bond acceptors (Lipinski definition) is 4. The van der Waals surface area contributed by atoms with Crippen molar-refractivity contribution in [3.8, 4) is 5.75 Å². The number of phenolic OH excluding ortho intramolecular Hbond substituents is 1. The first-order chi connectivity index (χ1) is 11.5. The normalized spacial score (nSPS) is 17.5. The van der Waals surface area contributed by atoms with Crippen LogP contribution in [0.15, 0.2) is 24.3 Å². The lowest BCUT2D eigenvalue weighted by Crippen LogP contribution is -2.53. The molecule has 0 aliphatic carbocycles. The molecule has 134 valence electrons. The van der Waals surface area contributed by atoms with Crippen LogP contribution in [0.3, 0.4) is 0 Å². The molecule has 2 rings (SSSR count). The summed E-state index contributed by atoms with van der Waals surface area (Å²) < 4.78 is 0. The van der Waals surface area contributed by atoms with Gasteiger partial charge in [0.2, 0.25) is 0 Å². The number of benzene rings is 1. The second-order valence-corrected chi connectivity index (χ2v) is 6.54. The average molecular weight is 335 g/mol. The number of para-hydroxylation sites is 2. The lowest BCUT2D eigenvalue weighted by Gasteiger charge is -2.37. The molecule has 0 saturated carbocycles. The van der Waals surface area contributed by atoms with Crippen LogP contribution < -0.4 is 10.2 Å². The molecule has 3 N–H and O–H groups in total. The van der Waals surface area contributed by atoms with Gasteiger partial charge in [0.1, 0.15) is 5.75 Å². The SMILES string of the molecule is CC[C@H](C[C@H](C)CO)NC(=O)N1CCN(c2ccccc2O)CC1. The molecule has 6 heteroatoms. The van der Waals surface area contributed by atoms with Crippen LogP contribution in [0.5, 0.6) is 5.75 Å². The fourth-order valence-corrected chi connectivity index (χ4v) is 3.04. The monoisotopic (exact) mass is 335 g/mol. The Morgan fingerprint density at radius 1 is 1.25 bits per heavy atom. The van der Waals surface area contributed by atoms with Gasteiger partial charge in [0.25, 0.3) is 0 Å². The van der Waals surface area contributed by atoms with Gasteiger partial charge in [-0.1, -0.05) is 26.0 Å². The summed E-state index contributed by atoms with van der Waals surface area (Å²) in [7, 11) is 0. The second kappa shape index (κ2) is 8.78. The van der Waals surface area contributed by atoms with Gasteiger partial charge in [-0.05, 0) is 30.9 Å². The number of rotatable bonds is 6. The fraction of sp³-hybridized carbons (Fsp3) is 0.611. The highest BCUT2D eigenvalue weighted by atomic mass is 16.3. The number of aliphatic hydroxyl groups is 1. The van der Waals surface area contributed by atoms with Crippen LogP contribution in [0.25, 0.3) is 0 Å². The minimum atomic E-state index is -0.0380. The van der Waals surface area contributed by atoms with Crippen LogP contribution in [0.4, 0.5) is 10.5 Å². The Morgan fingerprint density at radius 3 is 2.50 bits per heavy atom. The van der Waals surface area contributed by atoms with Crippen molar-refractivity contribution >= 4 is 11.7 Å². The van der Waals surface area contributed by atoms with Crippen molar-refractivity contribution in [2.24, 2.45) is 5.92 Å². The van der Waals surface area contributed by atoms with Crippen LogP contribution in [0.2, 0.25) is 0 Å². The Labute approximate surface area is 144 Å². The van der Waals surface area contributed by atoms with Gasteiger partial charge in [-0.15, -0.1) is 0 Å². The number of aliphatic hydroxyl groups excluding tert-OH is 1. The standard InChI is InChI=1S/C18H29N3O3/c1-3-15(12-14(2)13-22)19-18(24)21-10-8-20(9-11-21)16-6-4-5-7-17(16)23/h4-7,14-15,22-23H,3,8-13H2,1-2H3,(H,19,24)/t14-,15+/m0/s1. The van der Waals surface area contributed by atoms with Crippen molar-refractivity contribution in [3.05, 3.63) is 24.3 Å². The number of aromatic hydroxyl groups is 1. The second-order valence-electron chi connectivity index (χ2n) is 6.54. The molecule has 24 heavy (non-hydrogen) atoms. The molecule has 0 aromatic heterocycles. The molecule has 1 fully saturated rings. The summed E-state index contributed by atoms with van der Waals surface area (Å²) in [6, 6.07) is 7.35. The molecule has 0 unspecified atom stereocenters. The first-order valence-electron chi connectivity index (χ1n) is 8.74. The van der Waals surface area contributed by atoms with E-state index in [2.05, 4.69) is 10.2 Å². The maximum atomic E-state index is 12.4. The quantitative estimate of drug-likeness (QED) is 0.743. The molecular weight excluding hydrogens is 306 g/mol. The maximum Gasteiger partial charge on any atom is 0.317 e. The Kier molecular flexibility index (Phi) is 6.73. The predicted molar refractivity (Wildman–Crippen MR) is 95.4 cm³/mol. The van der Waals surface area contributed by atoms with E-state index in [-0.39, 0.29) is 30.3 Å². The molecule has 1 heterocycles. The summed E-state index contributed by atoms with van der Waals surface area (Å²) in [6.45, 7) is 6.85. The molecule has 2 atom stereocenters. The zero-order chi connectivity index (χ0) is 17.5. The molecule has 1 aromatic rings. The predicted octanol–water partition coefficient (Wildman–Crippen LogP) is 2.02. The average Bonchev–Trinajstić information content (AvgIpc) is 2.61. The van der Waals surface area contributed by atoms with E-state index in [1.165, 1.54) is 0 Å². The number of piperazine rings is 1. The van der Waals surface area contributed by atoms with E-state index in [4.69, 9.17) is 0 Å². The Bertz CT molecular complexity index is 530. The van der Waals surface area contributed by atoms with Crippen molar-refractivity contribution in [1.29, 1.82) is 0 Å². The number of anilines is 1. The van der Waals surface area contributed by atoms with Gasteiger partial charge in [0, 0.05) is 38.8 Å². The molecule has 0 spiro atoms. The number of amides is 2. The number of nitrogens with zero attached hydrogens (tertiary/aromatic N) is 2. The Balaban J connectivity index is 1.85. The molecule has 0 bridgehead atoms. The van der Waals surface area contributed by atoms with E-state index in [1.54, 1.807) is 12.1 Å². The topological polar surface area (TPSA) is 76.0 Å². The first-order valence-corrected chi connectivity index (χ1v) is 8.74. The molecule has 1 saturated heterocycles. The highest BCUT2D eigenvalue weighted by Gasteiger charge is 2.24. The largest absolute Gasteiger partial charge is 0.506 e. The van der Waals surface area contributed by atoms with E-state index >= 15 is 0 Å². The van der Waals surface area contributed by atoms with Gasteiger partial charge in [0.15, 0.2) is 0 Å². The van der Waals surface area contributed by atoms with Gasteiger partial charge in [-0.2, -0.15) is 0 Å². The van der Waals surface area contributed by atoms with Crippen molar-refractivity contribution in [3.63, 3.8) is 0 Å². The van der Waals surface area contributed by atoms with Crippen LogP contribution in [-0.4, -0.2) is 60.0 Å². The number of carbonyl (C=O) groups is 1. The molecule has 1 aromatic carbocycles. The third-order valence-corrected chi connectivity index (χ3v) is 4.61. The number of carbonyl (C=O) groups excluding carboxylic acids is 1. The number of urea groups is 1. The fourth-order valence-electron chi connectivity index (χ4n) is 3.04. The van der Waals surface area contributed by atoms with E-state index in [9.17, 15) is 15.0 Å². The van der Waals surface area contributed by atoms with Gasteiger partial charge < -0.3 is 25.3 Å². The number of phenols is 1. The molecule has 1 aliphatic heterocycles. The van der Waals surface area contributed by atoms with Gasteiger partial charge >= 0.3 is 6.03 Å². The van der Waals surface area contributed by atoms with Crippen LogP contribution in [-0.2, 0) is 0 Å². The molecular formula is C18H29N3O3. The van der Waals surface area contributed by atoms with Crippen molar-refractivity contribution in [1.82, 2.24) is 10.2 Å². The lowest BCUT2D eigenvalue weighted by molar-refractivity contribution is 0.181. The Hall–Kier alpha value is -1.95.